The van der Waals surface area contributed by atoms with Gasteiger partial charge in [0.05, 0.1) is 17.8 Å². The molecule has 2 aromatic rings. The van der Waals surface area contributed by atoms with Crippen molar-refractivity contribution in [3.8, 4) is 6.01 Å². The number of nitrogens with zero attached hydrogens (tertiary/aromatic N) is 6. The second kappa shape index (κ2) is 14.4. The van der Waals surface area contributed by atoms with Crippen LogP contribution in [0.25, 0.3) is 4.85 Å². The number of hydrogen-bond donors (Lipinski definition) is 1. The summed E-state index contributed by atoms with van der Waals surface area (Å²) in [6.07, 6.45) is -0.474. The van der Waals surface area contributed by atoms with Gasteiger partial charge in [0.2, 0.25) is 12.5 Å². The topological polar surface area (TPSA) is 92.2 Å². The lowest BCUT2D eigenvalue weighted by Crippen LogP contribution is -2.38. The molecule has 9 nitrogen and oxygen atoms in total. The molecule has 4 rings (SSSR count). The molecule has 42 heavy (non-hydrogen) atoms. The molecule has 0 saturated carbocycles. The third-order valence-electron chi connectivity index (χ3n) is 7.71. The Morgan fingerprint density at radius 2 is 2.10 bits per heavy atom. The van der Waals surface area contributed by atoms with Crippen LogP contribution in [0.2, 0.25) is 0 Å². The molecule has 228 valence electrons. The Bertz CT molecular complexity index is 1290. The van der Waals surface area contributed by atoms with Crippen LogP contribution in [0.3, 0.4) is 0 Å². The molecular formula is C30H40F3N7O2. The zero-order valence-corrected chi connectivity index (χ0v) is 24.7. The first-order valence-electron chi connectivity index (χ1n) is 14.1. The van der Waals surface area contributed by atoms with E-state index in [0.29, 0.717) is 50.2 Å². The Morgan fingerprint density at radius 1 is 1.36 bits per heavy atom. The van der Waals surface area contributed by atoms with Crippen LogP contribution in [0.15, 0.2) is 30.9 Å². The second-order valence-electron chi connectivity index (χ2n) is 10.6. The molecule has 1 saturated heterocycles. The number of likely N-dealkylation sites (N-methyl/N-ethyl adjacent to an activating group) is 2. The summed E-state index contributed by atoms with van der Waals surface area (Å²) in [4.78, 5) is 28.7. The number of rotatable bonds is 8. The summed E-state index contributed by atoms with van der Waals surface area (Å²) in [5.74, 6) is 0.239. The highest BCUT2D eigenvalue weighted by Crippen LogP contribution is 2.40. The van der Waals surface area contributed by atoms with Gasteiger partial charge in [-0.3, -0.25) is 4.79 Å². The number of halogens is 3. The van der Waals surface area contributed by atoms with E-state index in [4.69, 9.17) is 17.0 Å². The van der Waals surface area contributed by atoms with Gasteiger partial charge in [0.25, 0.3) is 0 Å². The Balaban J connectivity index is 0.000000343. The number of nitrogens with two attached hydrogens (primary N) is 1. The van der Waals surface area contributed by atoms with Crippen molar-refractivity contribution in [1.29, 1.82) is 0 Å². The summed E-state index contributed by atoms with van der Waals surface area (Å²) < 4.78 is 46.8. The van der Waals surface area contributed by atoms with E-state index in [1.807, 2.05) is 13.8 Å². The number of carbonyl (C=O) groups is 1. The maximum atomic E-state index is 13.7. The molecule has 1 aromatic carbocycles. The minimum absolute atomic E-state index is 0.0157. The van der Waals surface area contributed by atoms with Gasteiger partial charge >= 0.3 is 12.2 Å². The standard InChI is InChI=1S/C21H26F3N5O.C9H14N2O/c1-13-5-3-7-17(18(13)21(22,23)24)29-10-8-15-16(11-29)26-20(27-19(15)25)30-12-14-6-4-9-28(14)2;1-5-9(12)11(6-2)8(3)7-10-4/h3,5,7,14H,4,6,8-12H2,1-2H3,(H2,25,26,27);5,8H,1,6-7H2,2-3H3/t14-;/m0./s1. The summed E-state index contributed by atoms with van der Waals surface area (Å²) in [6.45, 7) is 18.4. The number of fused-ring (bicyclic) bond motifs is 1. The van der Waals surface area contributed by atoms with Gasteiger partial charge < -0.3 is 30.0 Å². The predicted molar refractivity (Wildman–Crippen MR) is 157 cm³/mol. The van der Waals surface area contributed by atoms with Crippen LogP contribution in [0.4, 0.5) is 24.7 Å². The Hall–Kier alpha value is -3.85. The monoisotopic (exact) mass is 587 g/mol. The van der Waals surface area contributed by atoms with E-state index in [9.17, 15) is 18.0 Å². The number of anilines is 2. The van der Waals surface area contributed by atoms with Crippen LogP contribution in [0.5, 0.6) is 6.01 Å². The molecule has 0 radical (unpaired) electrons. The van der Waals surface area contributed by atoms with Gasteiger partial charge in [-0.2, -0.15) is 23.1 Å². The van der Waals surface area contributed by atoms with Crippen LogP contribution < -0.4 is 15.4 Å². The highest BCUT2D eigenvalue weighted by molar-refractivity contribution is 5.87. The van der Waals surface area contributed by atoms with Gasteiger partial charge in [-0.05, 0) is 71.3 Å². The largest absolute Gasteiger partial charge is 0.462 e. The quantitative estimate of drug-likeness (QED) is 0.352. The third kappa shape index (κ3) is 7.91. The highest BCUT2D eigenvalue weighted by Gasteiger charge is 2.37. The first kappa shape index (κ1) is 32.7. The molecule has 1 unspecified atom stereocenters. The van der Waals surface area contributed by atoms with Crippen LogP contribution >= 0.6 is 0 Å². The molecule has 0 aliphatic carbocycles. The summed E-state index contributed by atoms with van der Waals surface area (Å²) in [5.41, 5.74) is 7.31. The minimum Gasteiger partial charge on any atom is -0.462 e. The number of hydrogen-bond acceptors (Lipinski definition) is 7. The predicted octanol–water partition coefficient (Wildman–Crippen LogP) is 4.75. The number of aryl methyl sites for hydroxylation is 1. The summed E-state index contributed by atoms with van der Waals surface area (Å²) in [6, 6.07) is 5.13. The SMILES string of the molecule is Cc1cccc(N2CCc3c(N)nc(OC[C@@H]4CCCN4C)nc3C2)c1C(F)(F)F.[C-]#[N+]CC(C)N(CC)C(=O)C=C. The maximum Gasteiger partial charge on any atom is 0.418 e. The third-order valence-corrected chi connectivity index (χ3v) is 7.71. The molecule has 2 N–H and O–H groups in total. The highest BCUT2D eigenvalue weighted by atomic mass is 19.4. The molecule has 0 bridgehead atoms. The molecule has 0 spiro atoms. The first-order chi connectivity index (χ1) is 19.9. The van der Waals surface area contributed by atoms with Crippen LogP contribution in [0, 0.1) is 13.5 Å². The number of alkyl halides is 3. The number of amides is 1. The number of nitrogen functional groups attached to an aromatic ring is 1. The second-order valence-corrected chi connectivity index (χ2v) is 10.6. The lowest BCUT2D eigenvalue weighted by atomic mass is 10.0. The van der Waals surface area contributed by atoms with E-state index >= 15 is 0 Å². The van der Waals surface area contributed by atoms with Crippen molar-refractivity contribution in [2.45, 2.75) is 64.8 Å². The molecule has 1 fully saturated rings. The fraction of sp³-hybridized carbons (Fsp3) is 0.533. The van der Waals surface area contributed by atoms with Gasteiger partial charge in [0.15, 0.2) is 0 Å². The van der Waals surface area contributed by atoms with E-state index in [2.05, 4.69) is 33.3 Å². The van der Waals surface area contributed by atoms with E-state index < -0.39 is 11.7 Å². The zero-order chi connectivity index (χ0) is 31.0. The van der Waals surface area contributed by atoms with E-state index in [1.165, 1.54) is 25.1 Å². The van der Waals surface area contributed by atoms with Gasteiger partial charge in [0.1, 0.15) is 18.5 Å². The van der Waals surface area contributed by atoms with Crippen LogP contribution in [-0.2, 0) is 23.9 Å². The normalized spacial score (nSPS) is 17.4. The Kier molecular flexibility index (Phi) is 11.2. The average Bonchev–Trinajstić information content (AvgIpc) is 3.36. The van der Waals surface area contributed by atoms with Gasteiger partial charge in [0, 0.05) is 30.4 Å². The molecule has 12 heteroatoms. The molecular weight excluding hydrogens is 547 g/mol. The van der Waals surface area contributed by atoms with Crippen molar-refractivity contribution < 1.29 is 22.7 Å². The van der Waals surface area contributed by atoms with E-state index in [0.717, 1.165) is 24.9 Å². The summed E-state index contributed by atoms with van der Waals surface area (Å²) in [5, 5.41) is 0. The summed E-state index contributed by atoms with van der Waals surface area (Å²) in [7, 11) is 2.06. The lowest BCUT2D eigenvalue weighted by molar-refractivity contribution is -0.137. The van der Waals surface area contributed by atoms with E-state index in [1.54, 1.807) is 15.9 Å². The van der Waals surface area contributed by atoms with Crippen molar-refractivity contribution in [2.75, 3.05) is 50.5 Å². The van der Waals surface area contributed by atoms with Gasteiger partial charge in [-0.1, -0.05) is 18.7 Å². The van der Waals surface area contributed by atoms with Crippen molar-refractivity contribution in [1.82, 2.24) is 19.8 Å². The number of carbonyl (C=O) groups excluding carboxylic acids is 1. The molecule has 1 amide bonds. The van der Waals surface area contributed by atoms with Crippen LogP contribution in [-0.4, -0.2) is 77.6 Å². The molecule has 1 aromatic heterocycles. The van der Waals surface area contributed by atoms with Crippen molar-refractivity contribution >= 4 is 17.4 Å². The van der Waals surface area contributed by atoms with Crippen molar-refractivity contribution in [3.63, 3.8) is 0 Å². The number of ether oxygens (including phenoxy) is 1. The fourth-order valence-corrected chi connectivity index (χ4v) is 5.38. The van der Waals surface area contributed by atoms with Crippen molar-refractivity contribution in [2.24, 2.45) is 0 Å². The van der Waals surface area contributed by atoms with Crippen LogP contribution in [0.1, 0.15) is 49.1 Å². The minimum atomic E-state index is -4.42. The Labute approximate surface area is 246 Å². The number of likely N-dealkylation sites (tertiary alicyclic amines) is 1. The molecule has 2 aliphatic heterocycles. The van der Waals surface area contributed by atoms with Crippen molar-refractivity contribution in [3.05, 3.63) is 64.7 Å². The smallest absolute Gasteiger partial charge is 0.418 e. The zero-order valence-electron chi connectivity index (χ0n) is 24.7. The average molecular weight is 588 g/mol. The number of aromatic nitrogens is 2. The molecule has 2 aliphatic rings. The summed E-state index contributed by atoms with van der Waals surface area (Å²) >= 11 is 0. The molecule has 2 atom stereocenters. The first-order valence-corrected chi connectivity index (χ1v) is 14.1. The van der Waals surface area contributed by atoms with Gasteiger partial charge in [-0.15, -0.1) is 0 Å². The Morgan fingerprint density at radius 3 is 2.69 bits per heavy atom. The number of benzene rings is 1. The maximum absolute atomic E-state index is 13.7. The molecule has 3 heterocycles. The van der Waals surface area contributed by atoms with E-state index in [-0.39, 0.29) is 35.8 Å². The lowest BCUT2D eigenvalue weighted by Gasteiger charge is -2.33. The van der Waals surface area contributed by atoms with Gasteiger partial charge in [-0.25, -0.2) is 6.57 Å². The fourth-order valence-electron chi connectivity index (χ4n) is 5.38.